The van der Waals surface area contributed by atoms with E-state index in [0.29, 0.717) is 0 Å². The van der Waals surface area contributed by atoms with E-state index in [-0.39, 0.29) is 11.6 Å². The van der Waals surface area contributed by atoms with Crippen molar-refractivity contribution >= 4 is 11.3 Å². The van der Waals surface area contributed by atoms with E-state index in [4.69, 9.17) is 5.73 Å². The summed E-state index contributed by atoms with van der Waals surface area (Å²) in [6, 6.07) is 12.5. The Labute approximate surface area is 113 Å². The number of hydrogen-bond acceptors (Lipinski definition) is 3. The summed E-state index contributed by atoms with van der Waals surface area (Å²) in [7, 11) is 1.97. The molecule has 0 radical (unpaired) electrons. The minimum absolute atomic E-state index is 0.0510. The second-order valence-electron chi connectivity index (χ2n) is 4.76. The molecule has 2 nitrogen and oxygen atoms in total. The Morgan fingerprint density at radius 2 is 1.89 bits per heavy atom. The maximum Gasteiger partial charge on any atom is 0.0617 e. The van der Waals surface area contributed by atoms with E-state index >= 15 is 0 Å². The van der Waals surface area contributed by atoms with Crippen LogP contribution in [0.15, 0.2) is 41.8 Å². The molecule has 0 aliphatic carbocycles. The number of aryl methyl sites for hydroxylation is 1. The molecule has 0 bridgehead atoms. The lowest BCUT2D eigenvalue weighted by Gasteiger charge is -2.36. The van der Waals surface area contributed by atoms with E-state index in [1.165, 1.54) is 16.0 Å². The van der Waals surface area contributed by atoms with Gasteiger partial charge in [-0.05, 0) is 43.5 Å². The number of hydrogen-bond donors (Lipinski definition) is 2. The molecule has 0 saturated carbocycles. The van der Waals surface area contributed by atoms with E-state index in [9.17, 15) is 0 Å². The predicted octanol–water partition coefficient (Wildman–Crippen LogP) is 3.19. The first-order valence-corrected chi connectivity index (χ1v) is 7.01. The predicted molar refractivity (Wildman–Crippen MR) is 78.8 cm³/mol. The van der Waals surface area contributed by atoms with E-state index in [1.807, 2.05) is 13.1 Å². The minimum atomic E-state index is -0.253. The van der Waals surface area contributed by atoms with Gasteiger partial charge in [-0.15, -0.1) is 11.3 Å². The molecule has 0 spiro atoms. The molecule has 2 aromatic rings. The van der Waals surface area contributed by atoms with Crippen LogP contribution < -0.4 is 11.1 Å². The first-order chi connectivity index (χ1) is 8.59. The topological polar surface area (TPSA) is 38.0 Å². The summed E-state index contributed by atoms with van der Waals surface area (Å²) in [6.45, 7) is 4.28. The minimum Gasteiger partial charge on any atom is -0.321 e. The van der Waals surface area contributed by atoms with Crippen LogP contribution in [0.4, 0.5) is 0 Å². The fourth-order valence-corrected chi connectivity index (χ4v) is 3.28. The van der Waals surface area contributed by atoms with Gasteiger partial charge in [-0.3, -0.25) is 0 Å². The van der Waals surface area contributed by atoms with Crippen molar-refractivity contribution < 1.29 is 0 Å². The summed E-state index contributed by atoms with van der Waals surface area (Å²) in [4.78, 5) is 1.25. The van der Waals surface area contributed by atoms with E-state index in [0.717, 1.165) is 0 Å². The average Bonchev–Trinajstić information content (AvgIpc) is 2.84. The fourth-order valence-electron chi connectivity index (χ4n) is 2.23. The average molecular weight is 260 g/mol. The Hall–Kier alpha value is -1.16. The van der Waals surface area contributed by atoms with Crippen molar-refractivity contribution in [2.45, 2.75) is 25.4 Å². The van der Waals surface area contributed by atoms with Gasteiger partial charge in [0.2, 0.25) is 0 Å². The third-order valence-electron chi connectivity index (χ3n) is 3.70. The molecule has 0 aliphatic heterocycles. The van der Waals surface area contributed by atoms with E-state index in [1.54, 1.807) is 11.3 Å². The molecule has 2 unspecified atom stereocenters. The van der Waals surface area contributed by atoms with Crippen LogP contribution in [0.25, 0.3) is 0 Å². The molecule has 2 rings (SSSR count). The molecule has 3 heteroatoms. The van der Waals surface area contributed by atoms with Crippen LogP contribution in [0.2, 0.25) is 0 Å². The zero-order valence-electron chi connectivity index (χ0n) is 11.1. The zero-order valence-corrected chi connectivity index (χ0v) is 11.9. The van der Waals surface area contributed by atoms with Crippen molar-refractivity contribution in [1.29, 1.82) is 0 Å². The summed E-state index contributed by atoms with van der Waals surface area (Å²) in [6.07, 6.45) is 0. The number of likely N-dealkylation sites (N-methyl/N-ethyl adjacent to an activating group) is 1. The summed E-state index contributed by atoms with van der Waals surface area (Å²) in [5.41, 5.74) is 8.74. The second kappa shape index (κ2) is 5.22. The molecular formula is C15H20N2S. The SMILES string of the molecule is CNC(C)(c1ccccc1)C(N)c1sccc1C. The van der Waals surface area contributed by atoms with Crippen LogP contribution in [0.5, 0.6) is 0 Å². The molecule has 1 aromatic carbocycles. The van der Waals surface area contributed by atoms with Crippen LogP contribution in [0.3, 0.4) is 0 Å². The van der Waals surface area contributed by atoms with Gasteiger partial charge in [-0.25, -0.2) is 0 Å². The molecule has 1 aromatic heterocycles. The number of nitrogens with two attached hydrogens (primary N) is 1. The fraction of sp³-hybridized carbons (Fsp3) is 0.333. The normalized spacial score (nSPS) is 16.2. The van der Waals surface area contributed by atoms with Gasteiger partial charge >= 0.3 is 0 Å². The Balaban J connectivity index is 2.42. The highest BCUT2D eigenvalue weighted by Crippen LogP contribution is 2.36. The van der Waals surface area contributed by atoms with Gasteiger partial charge in [-0.1, -0.05) is 30.3 Å². The van der Waals surface area contributed by atoms with Gasteiger partial charge < -0.3 is 11.1 Å². The quantitative estimate of drug-likeness (QED) is 0.886. The third kappa shape index (κ3) is 2.21. The largest absolute Gasteiger partial charge is 0.321 e. The molecule has 0 amide bonds. The Bertz CT molecular complexity index is 506. The monoisotopic (exact) mass is 260 g/mol. The molecule has 1 heterocycles. The van der Waals surface area contributed by atoms with Crippen LogP contribution in [-0.2, 0) is 5.54 Å². The lowest BCUT2D eigenvalue weighted by molar-refractivity contribution is 0.328. The molecule has 18 heavy (non-hydrogen) atoms. The van der Waals surface area contributed by atoms with Crippen molar-refractivity contribution in [1.82, 2.24) is 5.32 Å². The van der Waals surface area contributed by atoms with E-state index in [2.05, 4.69) is 54.9 Å². The molecule has 0 fully saturated rings. The lowest BCUT2D eigenvalue weighted by Crippen LogP contribution is -2.46. The standard InChI is InChI=1S/C15H20N2S/c1-11-9-10-18-13(11)14(16)15(2,17-3)12-7-5-4-6-8-12/h4-10,14,17H,16H2,1-3H3. The highest BCUT2D eigenvalue weighted by Gasteiger charge is 2.34. The number of rotatable bonds is 4. The van der Waals surface area contributed by atoms with Crippen molar-refractivity contribution in [3.63, 3.8) is 0 Å². The van der Waals surface area contributed by atoms with Gasteiger partial charge in [0.1, 0.15) is 0 Å². The maximum atomic E-state index is 6.51. The highest BCUT2D eigenvalue weighted by molar-refractivity contribution is 7.10. The highest BCUT2D eigenvalue weighted by atomic mass is 32.1. The lowest BCUT2D eigenvalue weighted by atomic mass is 9.83. The smallest absolute Gasteiger partial charge is 0.0617 e. The Kier molecular flexibility index (Phi) is 3.85. The number of nitrogens with one attached hydrogen (secondary N) is 1. The number of benzene rings is 1. The van der Waals surface area contributed by atoms with Gasteiger partial charge in [-0.2, -0.15) is 0 Å². The second-order valence-corrected chi connectivity index (χ2v) is 5.71. The third-order valence-corrected chi connectivity index (χ3v) is 4.80. The van der Waals surface area contributed by atoms with Gasteiger partial charge in [0.25, 0.3) is 0 Å². The molecule has 96 valence electrons. The van der Waals surface area contributed by atoms with Crippen molar-refractivity contribution in [3.8, 4) is 0 Å². The molecule has 3 N–H and O–H groups in total. The van der Waals surface area contributed by atoms with Crippen LogP contribution in [0, 0.1) is 6.92 Å². The van der Waals surface area contributed by atoms with Gasteiger partial charge in [0.15, 0.2) is 0 Å². The van der Waals surface area contributed by atoms with Crippen molar-refractivity contribution in [2.24, 2.45) is 5.73 Å². The summed E-state index contributed by atoms with van der Waals surface area (Å²) >= 11 is 1.73. The van der Waals surface area contributed by atoms with Crippen molar-refractivity contribution in [2.75, 3.05) is 7.05 Å². The molecular weight excluding hydrogens is 240 g/mol. The Morgan fingerprint density at radius 3 is 2.39 bits per heavy atom. The first-order valence-electron chi connectivity index (χ1n) is 6.13. The first kappa shape index (κ1) is 13.3. The maximum absolute atomic E-state index is 6.51. The van der Waals surface area contributed by atoms with E-state index < -0.39 is 0 Å². The molecule has 0 saturated heterocycles. The van der Waals surface area contributed by atoms with Crippen LogP contribution >= 0.6 is 11.3 Å². The summed E-state index contributed by atoms with van der Waals surface area (Å²) < 4.78 is 0. The van der Waals surface area contributed by atoms with Gasteiger partial charge in [0.05, 0.1) is 11.6 Å². The number of thiophene rings is 1. The van der Waals surface area contributed by atoms with Gasteiger partial charge in [0, 0.05) is 4.88 Å². The molecule has 2 atom stereocenters. The summed E-state index contributed by atoms with van der Waals surface area (Å²) in [5.74, 6) is 0. The zero-order chi connectivity index (χ0) is 13.2. The van der Waals surface area contributed by atoms with Crippen LogP contribution in [-0.4, -0.2) is 7.05 Å². The van der Waals surface area contributed by atoms with Crippen molar-refractivity contribution in [3.05, 3.63) is 57.8 Å². The molecule has 0 aliphatic rings. The summed E-state index contributed by atoms with van der Waals surface area (Å²) in [5, 5.41) is 5.49. The Morgan fingerprint density at radius 1 is 1.22 bits per heavy atom. The van der Waals surface area contributed by atoms with Crippen LogP contribution in [0.1, 0.15) is 29.0 Å².